The number of nitrogens with zero attached hydrogens (tertiary/aromatic N) is 3. The van der Waals surface area contributed by atoms with E-state index in [1.165, 1.54) is 24.8 Å². The van der Waals surface area contributed by atoms with Gasteiger partial charge >= 0.3 is 0 Å². The standard InChI is InChI=1S/C21H28N6O/c1-13-8-10-14(11-9-13)23-19-18-16(12-22-20(18)28)25-21(26-19)24-15-6-4-5-7-17(15)27(2)3/h8-11,15,17H,4-7,12H2,1-3H3,(H,22,28)(H2,23,24,25,26)/t15-,17+/m1/s1. The van der Waals surface area contributed by atoms with Crippen LogP contribution in [0.1, 0.15) is 47.3 Å². The molecule has 0 spiro atoms. The lowest BCUT2D eigenvalue weighted by atomic mass is 9.89. The molecule has 1 aromatic heterocycles. The Labute approximate surface area is 166 Å². The summed E-state index contributed by atoms with van der Waals surface area (Å²) in [6.45, 7) is 2.49. The number of anilines is 3. The van der Waals surface area contributed by atoms with Crippen molar-refractivity contribution in [3.05, 3.63) is 41.1 Å². The number of carbonyl (C=O) groups is 1. The SMILES string of the molecule is Cc1ccc(Nc2nc(N[C@@H]3CCCC[C@@H]3N(C)C)nc3c2C(=O)NC3)cc1. The Balaban J connectivity index is 1.63. The molecule has 2 atom stereocenters. The van der Waals surface area contributed by atoms with E-state index in [-0.39, 0.29) is 5.91 Å². The minimum atomic E-state index is -0.125. The fourth-order valence-electron chi connectivity index (χ4n) is 4.12. The van der Waals surface area contributed by atoms with Crippen molar-refractivity contribution < 1.29 is 4.79 Å². The number of hydrogen-bond donors (Lipinski definition) is 3. The number of hydrogen-bond acceptors (Lipinski definition) is 6. The van der Waals surface area contributed by atoms with Crippen molar-refractivity contribution >= 4 is 23.4 Å². The first kappa shape index (κ1) is 18.7. The first-order valence-corrected chi connectivity index (χ1v) is 9.97. The Morgan fingerprint density at radius 1 is 1.11 bits per heavy atom. The van der Waals surface area contributed by atoms with Crippen molar-refractivity contribution in [3.8, 4) is 0 Å². The number of fused-ring (bicyclic) bond motifs is 1. The van der Waals surface area contributed by atoms with E-state index in [4.69, 9.17) is 0 Å². The molecule has 0 unspecified atom stereocenters. The zero-order chi connectivity index (χ0) is 19.7. The van der Waals surface area contributed by atoms with Crippen LogP contribution >= 0.6 is 0 Å². The largest absolute Gasteiger partial charge is 0.350 e. The van der Waals surface area contributed by atoms with Gasteiger partial charge in [0, 0.05) is 17.8 Å². The van der Waals surface area contributed by atoms with Crippen molar-refractivity contribution in [1.82, 2.24) is 20.2 Å². The molecule has 1 aromatic carbocycles. The summed E-state index contributed by atoms with van der Waals surface area (Å²) in [5.41, 5.74) is 3.37. The summed E-state index contributed by atoms with van der Waals surface area (Å²) in [7, 11) is 4.25. The molecule has 1 amide bonds. The second-order valence-electron chi connectivity index (χ2n) is 7.96. The van der Waals surface area contributed by atoms with Gasteiger partial charge in [-0.3, -0.25) is 4.79 Å². The van der Waals surface area contributed by atoms with E-state index < -0.39 is 0 Å². The molecule has 0 saturated heterocycles. The summed E-state index contributed by atoms with van der Waals surface area (Å²) >= 11 is 0. The predicted octanol–water partition coefficient (Wildman–Crippen LogP) is 3.06. The zero-order valence-corrected chi connectivity index (χ0v) is 16.7. The maximum absolute atomic E-state index is 12.3. The van der Waals surface area contributed by atoms with Crippen LogP contribution in [0.2, 0.25) is 0 Å². The maximum Gasteiger partial charge on any atom is 0.257 e. The molecule has 28 heavy (non-hydrogen) atoms. The number of nitrogens with one attached hydrogen (secondary N) is 3. The normalized spacial score (nSPS) is 21.4. The quantitative estimate of drug-likeness (QED) is 0.740. The van der Waals surface area contributed by atoms with Crippen molar-refractivity contribution in [3.63, 3.8) is 0 Å². The van der Waals surface area contributed by atoms with E-state index in [2.05, 4.69) is 44.9 Å². The molecular weight excluding hydrogens is 352 g/mol. The fourth-order valence-corrected chi connectivity index (χ4v) is 4.12. The van der Waals surface area contributed by atoms with E-state index in [9.17, 15) is 4.79 Å². The van der Waals surface area contributed by atoms with Gasteiger partial charge in [-0.25, -0.2) is 4.98 Å². The van der Waals surface area contributed by atoms with Crippen LogP contribution in [-0.2, 0) is 6.54 Å². The molecule has 4 rings (SSSR count). The highest BCUT2D eigenvalue weighted by atomic mass is 16.2. The van der Waals surface area contributed by atoms with Crippen LogP contribution in [-0.4, -0.2) is 47.0 Å². The van der Waals surface area contributed by atoms with Gasteiger partial charge in [-0.1, -0.05) is 30.5 Å². The topological polar surface area (TPSA) is 82.2 Å². The highest BCUT2D eigenvalue weighted by Gasteiger charge is 2.30. The van der Waals surface area contributed by atoms with Crippen LogP contribution in [0, 0.1) is 6.92 Å². The first-order valence-electron chi connectivity index (χ1n) is 9.97. The summed E-state index contributed by atoms with van der Waals surface area (Å²) in [6.07, 6.45) is 4.73. The monoisotopic (exact) mass is 380 g/mol. The van der Waals surface area contributed by atoms with Crippen LogP contribution in [0.25, 0.3) is 0 Å². The Morgan fingerprint density at radius 2 is 1.86 bits per heavy atom. The predicted molar refractivity (Wildman–Crippen MR) is 111 cm³/mol. The average Bonchev–Trinajstić information content (AvgIpc) is 3.05. The molecule has 1 aliphatic carbocycles. The highest BCUT2D eigenvalue weighted by Crippen LogP contribution is 2.28. The van der Waals surface area contributed by atoms with Gasteiger partial charge in [0.25, 0.3) is 5.91 Å². The van der Waals surface area contributed by atoms with Gasteiger partial charge in [-0.15, -0.1) is 0 Å². The number of benzene rings is 1. The number of rotatable bonds is 5. The molecule has 2 heterocycles. The Hall–Kier alpha value is -2.67. The molecule has 1 saturated carbocycles. The molecule has 0 bridgehead atoms. The second kappa shape index (κ2) is 7.75. The molecule has 1 fully saturated rings. The van der Waals surface area contributed by atoms with Crippen molar-refractivity contribution in [2.24, 2.45) is 0 Å². The smallest absolute Gasteiger partial charge is 0.257 e. The zero-order valence-electron chi connectivity index (χ0n) is 16.7. The van der Waals surface area contributed by atoms with Crippen molar-refractivity contribution in [1.29, 1.82) is 0 Å². The van der Waals surface area contributed by atoms with Crippen LogP contribution in [0.4, 0.5) is 17.5 Å². The third-order valence-corrected chi connectivity index (χ3v) is 5.65. The van der Waals surface area contributed by atoms with Crippen molar-refractivity contribution in [2.75, 3.05) is 24.7 Å². The number of carbonyl (C=O) groups excluding carboxylic acids is 1. The van der Waals surface area contributed by atoms with Gasteiger partial charge in [-0.2, -0.15) is 4.98 Å². The lowest BCUT2D eigenvalue weighted by Gasteiger charge is -2.36. The maximum atomic E-state index is 12.3. The van der Waals surface area contributed by atoms with Gasteiger partial charge < -0.3 is 20.9 Å². The number of likely N-dealkylation sites (N-methyl/N-ethyl adjacent to an activating group) is 1. The van der Waals surface area contributed by atoms with E-state index in [1.54, 1.807) is 0 Å². The van der Waals surface area contributed by atoms with Gasteiger partial charge in [0.15, 0.2) is 0 Å². The molecule has 3 N–H and O–H groups in total. The molecule has 1 aliphatic heterocycles. The van der Waals surface area contributed by atoms with Crippen LogP contribution in [0.15, 0.2) is 24.3 Å². The molecule has 148 valence electrons. The summed E-state index contributed by atoms with van der Waals surface area (Å²) in [5.74, 6) is 1.02. The fraction of sp³-hybridized carbons (Fsp3) is 0.476. The van der Waals surface area contributed by atoms with Crippen LogP contribution < -0.4 is 16.0 Å². The number of aromatic nitrogens is 2. The van der Waals surface area contributed by atoms with Crippen LogP contribution in [0.5, 0.6) is 0 Å². The Bertz CT molecular complexity index is 864. The molecular formula is C21H28N6O. The summed E-state index contributed by atoms with van der Waals surface area (Å²) < 4.78 is 0. The number of amides is 1. The Kier molecular flexibility index (Phi) is 5.17. The number of aryl methyl sites for hydroxylation is 1. The molecule has 2 aromatic rings. The Morgan fingerprint density at radius 3 is 2.61 bits per heavy atom. The second-order valence-corrected chi connectivity index (χ2v) is 7.96. The van der Waals surface area contributed by atoms with Gasteiger partial charge in [-0.05, 0) is 46.0 Å². The van der Waals surface area contributed by atoms with Crippen molar-refractivity contribution in [2.45, 2.75) is 51.2 Å². The molecule has 7 nitrogen and oxygen atoms in total. The molecule has 0 radical (unpaired) electrons. The lowest BCUT2D eigenvalue weighted by molar-refractivity contribution is 0.0966. The lowest BCUT2D eigenvalue weighted by Crippen LogP contribution is -2.45. The summed E-state index contributed by atoms with van der Waals surface area (Å²) in [5, 5.41) is 9.72. The highest BCUT2D eigenvalue weighted by molar-refractivity contribution is 6.02. The van der Waals surface area contributed by atoms with Gasteiger partial charge in [0.1, 0.15) is 11.4 Å². The summed E-state index contributed by atoms with van der Waals surface area (Å²) in [4.78, 5) is 23.9. The molecule has 7 heteroatoms. The van der Waals surface area contributed by atoms with Gasteiger partial charge in [0.05, 0.1) is 12.2 Å². The first-order chi connectivity index (χ1) is 13.5. The van der Waals surface area contributed by atoms with E-state index >= 15 is 0 Å². The third-order valence-electron chi connectivity index (χ3n) is 5.65. The summed E-state index contributed by atoms with van der Waals surface area (Å²) in [6, 6.07) is 8.82. The minimum absolute atomic E-state index is 0.125. The minimum Gasteiger partial charge on any atom is -0.350 e. The van der Waals surface area contributed by atoms with E-state index in [0.29, 0.717) is 36.0 Å². The van der Waals surface area contributed by atoms with Crippen LogP contribution in [0.3, 0.4) is 0 Å². The van der Waals surface area contributed by atoms with E-state index in [1.807, 2.05) is 31.2 Å². The third kappa shape index (κ3) is 3.80. The van der Waals surface area contributed by atoms with E-state index in [0.717, 1.165) is 17.8 Å². The average molecular weight is 380 g/mol. The molecule has 2 aliphatic rings. The van der Waals surface area contributed by atoms with Gasteiger partial charge in [0.2, 0.25) is 5.95 Å².